The molecule has 5 rings (SSSR count). The largest absolute Gasteiger partial charge is 0.356 e. The summed E-state index contributed by atoms with van der Waals surface area (Å²) < 4.78 is 1.56. The molecule has 2 amide bonds. The van der Waals surface area contributed by atoms with Gasteiger partial charge in [-0.2, -0.15) is 5.10 Å². The smallest absolute Gasteiger partial charge is 0.259 e. The minimum absolute atomic E-state index is 0.0482. The van der Waals surface area contributed by atoms with E-state index in [-0.39, 0.29) is 24.4 Å². The van der Waals surface area contributed by atoms with Crippen LogP contribution in [0.1, 0.15) is 48.9 Å². The van der Waals surface area contributed by atoms with Gasteiger partial charge in [-0.15, -0.1) is 0 Å². The lowest BCUT2D eigenvalue weighted by Crippen LogP contribution is -2.35. The lowest BCUT2D eigenvalue weighted by molar-refractivity contribution is -0.122. The number of hydrogen-bond acceptors (Lipinski definition) is 5. The van der Waals surface area contributed by atoms with Crippen LogP contribution in [0, 0.1) is 0 Å². The summed E-state index contributed by atoms with van der Waals surface area (Å²) in [6.45, 7) is 1.95. The summed E-state index contributed by atoms with van der Waals surface area (Å²) in [5.74, 6) is 0.454. The summed E-state index contributed by atoms with van der Waals surface area (Å²) in [5.41, 5.74) is 1.99. The monoisotopic (exact) mass is 432 g/mol. The highest BCUT2D eigenvalue weighted by Gasteiger charge is 2.23. The van der Waals surface area contributed by atoms with Gasteiger partial charge in [0.15, 0.2) is 0 Å². The van der Waals surface area contributed by atoms with Gasteiger partial charge in [-0.1, -0.05) is 31.0 Å². The van der Waals surface area contributed by atoms with Crippen LogP contribution in [-0.2, 0) is 11.3 Å². The molecule has 0 spiro atoms. The van der Waals surface area contributed by atoms with Gasteiger partial charge in [0, 0.05) is 30.7 Å². The van der Waals surface area contributed by atoms with E-state index < -0.39 is 0 Å². The highest BCUT2D eigenvalue weighted by molar-refractivity contribution is 6.09. The van der Waals surface area contributed by atoms with Crippen molar-refractivity contribution in [3.05, 3.63) is 48.3 Å². The topological polar surface area (TPSA) is 92.2 Å². The van der Waals surface area contributed by atoms with Crippen LogP contribution in [0.25, 0.3) is 10.9 Å². The average molecular weight is 433 g/mol. The van der Waals surface area contributed by atoms with Gasteiger partial charge in [-0.3, -0.25) is 14.3 Å². The number of amides is 2. The molecule has 0 radical (unpaired) electrons. The molecule has 1 aliphatic heterocycles. The Morgan fingerprint density at radius 2 is 1.84 bits per heavy atom. The molecule has 1 saturated heterocycles. The molecule has 8 nitrogen and oxygen atoms in total. The SMILES string of the molecule is O=C(Cn1cc(NC(=O)c2cc3ccccc3nc2N2CCCC2)cn1)NC1CCCC1. The van der Waals surface area contributed by atoms with E-state index >= 15 is 0 Å². The second kappa shape index (κ2) is 8.98. The molecule has 166 valence electrons. The third-order valence-electron chi connectivity index (χ3n) is 6.27. The Balaban J connectivity index is 1.31. The van der Waals surface area contributed by atoms with Crippen LogP contribution in [0.5, 0.6) is 0 Å². The number of benzene rings is 1. The maximum Gasteiger partial charge on any atom is 0.259 e. The summed E-state index contributed by atoms with van der Waals surface area (Å²) >= 11 is 0. The number of aromatic nitrogens is 3. The van der Waals surface area contributed by atoms with Crippen LogP contribution in [-0.4, -0.2) is 45.7 Å². The number of rotatable bonds is 6. The molecule has 2 aliphatic rings. The zero-order valence-corrected chi connectivity index (χ0v) is 18.1. The molecular weight excluding hydrogens is 404 g/mol. The molecule has 0 unspecified atom stereocenters. The van der Waals surface area contributed by atoms with E-state index in [9.17, 15) is 9.59 Å². The normalized spacial score (nSPS) is 16.6. The summed E-state index contributed by atoms with van der Waals surface area (Å²) in [5, 5.41) is 11.2. The van der Waals surface area contributed by atoms with Crippen molar-refractivity contribution in [2.24, 2.45) is 0 Å². The highest BCUT2D eigenvalue weighted by Crippen LogP contribution is 2.27. The lowest BCUT2D eigenvalue weighted by Gasteiger charge is -2.20. The van der Waals surface area contributed by atoms with Crippen molar-refractivity contribution in [2.75, 3.05) is 23.3 Å². The first-order valence-electron chi connectivity index (χ1n) is 11.4. The fourth-order valence-corrected chi connectivity index (χ4v) is 4.65. The van der Waals surface area contributed by atoms with Gasteiger partial charge in [0.25, 0.3) is 5.91 Å². The number of hydrogen-bond donors (Lipinski definition) is 2. The van der Waals surface area contributed by atoms with E-state index in [0.717, 1.165) is 55.5 Å². The number of carbonyl (C=O) groups excluding carboxylic acids is 2. The third-order valence-corrected chi connectivity index (χ3v) is 6.27. The molecule has 3 heterocycles. The first-order valence-corrected chi connectivity index (χ1v) is 11.4. The summed E-state index contributed by atoms with van der Waals surface area (Å²) in [4.78, 5) is 32.5. The van der Waals surface area contributed by atoms with E-state index in [2.05, 4.69) is 20.6 Å². The van der Waals surface area contributed by atoms with Crippen molar-refractivity contribution in [1.29, 1.82) is 0 Å². The second-order valence-corrected chi connectivity index (χ2v) is 8.68. The Bertz CT molecular complexity index is 1130. The van der Waals surface area contributed by atoms with Crippen molar-refractivity contribution in [3.63, 3.8) is 0 Å². The molecule has 1 aliphatic carbocycles. The molecule has 2 aromatic heterocycles. The Kier molecular flexibility index (Phi) is 5.75. The molecule has 8 heteroatoms. The maximum atomic E-state index is 13.2. The van der Waals surface area contributed by atoms with E-state index in [0.29, 0.717) is 11.3 Å². The summed E-state index contributed by atoms with van der Waals surface area (Å²) in [6.07, 6.45) is 9.91. The van der Waals surface area contributed by atoms with Crippen molar-refractivity contribution < 1.29 is 9.59 Å². The zero-order valence-electron chi connectivity index (χ0n) is 18.1. The predicted molar refractivity (Wildman–Crippen MR) is 124 cm³/mol. The standard InChI is InChI=1S/C24H28N6O2/c31-22(26-18-8-2-3-9-18)16-30-15-19(14-25-30)27-24(32)20-13-17-7-1-4-10-21(17)28-23(20)29-11-5-6-12-29/h1,4,7,10,13-15,18H,2-3,5-6,8-9,11-12,16H2,(H,26,31)(H,27,32). The van der Waals surface area contributed by atoms with Crippen molar-refractivity contribution in [1.82, 2.24) is 20.1 Å². The predicted octanol–water partition coefficient (Wildman–Crippen LogP) is 3.34. The molecule has 3 aromatic rings. The second-order valence-electron chi connectivity index (χ2n) is 8.68. The molecule has 0 atom stereocenters. The van der Waals surface area contributed by atoms with Crippen LogP contribution >= 0.6 is 0 Å². The number of anilines is 2. The van der Waals surface area contributed by atoms with E-state index in [1.165, 1.54) is 12.8 Å². The molecule has 32 heavy (non-hydrogen) atoms. The van der Waals surface area contributed by atoms with E-state index in [4.69, 9.17) is 4.98 Å². The minimum Gasteiger partial charge on any atom is -0.356 e. The number of nitrogens with zero attached hydrogens (tertiary/aromatic N) is 4. The van der Waals surface area contributed by atoms with Crippen LogP contribution in [0.4, 0.5) is 11.5 Å². The van der Waals surface area contributed by atoms with Gasteiger partial charge in [0.2, 0.25) is 5.91 Å². The molecule has 1 aromatic carbocycles. The van der Waals surface area contributed by atoms with E-state index in [1.54, 1.807) is 17.1 Å². The Hall–Kier alpha value is -3.42. The van der Waals surface area contributed by atoms with Gasteiger partial charge in [0.05, 0.1) is 23.0 Å². The maximum absolute atomic E-state index is 13.2. The Morgan fingerprint density at radius 1 is 1.06 bits per heavy atom. The third kappa shape index (κ3) is 4.44. The van der Waals surface area contributed by atoms with Gasteiger partial charge < -0.3 is 15.5 Å². The fourth-order valence-electron chi connectivity index (χ4n) is 4.65. The summed E-state index contributed by atoms with van der Waals surface area (Å²) in [7, 11) is 0. The number of fused-ring (bicyclic) bond motifs is 1. The van der Waals surface area contributed by atoms with Gasteiger partial charge >= 0.3 is 0 Å². The van der Waals surface area contributed by atoms with Crippen molar-refractivity contribution in [3.8, 4) is 0 Å². The number of carbonyl (C=O) groups is 2. The number of nitrogens with one attached hydrogen (secondary N) is 2. The quantitative estimate of drug-likeness (QED) is 0.623. The molecule has 1 saturated carbocycles. The van der Waals surface area contributed by atoms with Crippen molar-refractivity contribution in [2.45, 2.75) is 51.1 Å². The molecule has 0 bridgehead atoms. The molecular formula is C24H28N6O2. The van der Waals surface area contributed by atoms with Crippen LogP contribution in [0.15, 0.2) is 42.7 Å². The first-order chi connectivity index (χ1) is 15.7. The lowest BCUT2D eigenvalue weighted by atomic mass is 10.1. The van der Waals surface area contributed by atoms with Gasteiger partial charge in [0.1, 0.15) is 12.4 Å². The highest BCUT2D eigenvalue weighted by atomic mass is 16.2. The molecule has 2 fully saturated rings. The first kappa shape index (κ1) is 20.5. The van der Waals surface area contributed by atoms with Crippen molar-refractivity contribution >= 4 is 34.2 Å². The summed E-state index contributed by atoms with van der Waals surface area (Å²) in [6, 6.07) is 10.0. The zero-order chi connectivity index (χ0) is 21.9. The fraction of sp³-hybridized carbons (Fsp3) is 0.417. The average Bonchev–Trinajstić information content (AvgIpc) is 3.56. The minimum atomic E-state index is -0.222. The molecule has 2 N–H and O–H groups in total. The van der Waals surface area contributed by atoms with Crippen LogP contribution in [0.2, 0.25) is 0 Å². The van der Waals surface area contributed by atoms with Gasteiger partial charge in [-0.05, 0) is 37.8 Å². The van der Waals surface area contributed by atoms with Crippen LogP contribution < -0.4 is 15.5 Å². The van der Waals surface area contributed by atoms with Crippen LogP contribution in [0.3, 0.4) is 0 Å². The number of para-hydroxylation sites is 1. The van der Waals surface area contributed by atoms with Gasteiger partial charge in [-0.25, -0.2) is 4.98 Å². The Labute approximate surface area is 187 Å². The van der Waals surface area contributed by atoms with E-state index in [1.807, 2.05) is 30.3 Å². The number of pyridine rings is 1. The Morgan fingerprint density at radius 3 is 2.66 bits per heavy atom.